The fourth-order valence-corrected chi connectivity index (χ4v) is 1.98. The van der Waals surface area contributed by atoms with E-state index in [1.165, 1.54) is 7.11 Å². The Bertz CT molecular complexity index is 396. The number of methoxy groups -OCH3 is 1. The minimum absolute atomic E-state index is 0.162. The van der Waals surface area contributed by atoms with Crippen LogP contribution in [0.3, 0.4) is 0 Å². The third-order valence-electron chi connectivity index (χ3n) is 3.20. The average molecular weight is 282 g/mol. The predicted molar refractivity (Wildman–Crippen MR) is 80.9 cm³/mol. The molecule has 1 aromatic rings. The number of nitrogens with zero attached hydrogens (tertiary/aromatic N) is 4. The van der Waals surface area contributed by atoms with Gasteiger partial charge in [0.2, 0.25) is 11.9 Å². The molecule has 0 aliphatic rings. The van der Waals surface area contributed by atoms with Gasteiger partial charge in [-0.15, -0.1) is 0 Å². The monoisotopic (exact) mass is 282 g/mol. The van der Waals surface area contributed by atoms with Crippen LogP contribution in [0.2, 0.25) is 0 Å². The summed E-state index contributed by atoms with van der Waals surface area (Å²) in [6.07, 6.45) is 2.18. The van der Waals surface area contributed by atoms with Crippen molar-refractivity contribution in [3.63, 3.8) is 0 Å². The molecule has 0 spiro atoms. The fraction of sp³-hybridized carbons (Fsp3) is 0.769. The Labute approximate surface area is 121 Å². The second-order valence-electron chi connectivity index (χ2n) is 4.72. The summed E-state index contributed by atoms with van der Waals surface area (Å²) >= 11 is 0. The van der Waals surface area contributed by atoms with Gasteiger partial charge in [0.15, 0.2) is 0 Å². The highest BCUT2D eigenvalue weighted by atomic mass is 16.5. The zero-order chi connectivity index (χ0) is 15.0. The molecule has 0 aliphatic heterocycles. The topological polar surface area (TPSA) is 89.2 Å². The molecule has 3 N–H and O–H groups in total. The summed E-state index contributed by atoms with van der Waals surface area (Å²) in [6.45, 7) is 9.78. The number of nitrogens with one attached hydrogen (secondary N) is 1. The van der Waals surface area contributed by atoms with Crippen LogP contribution >= 0.6 is 0 Å². The number of aromatic nitrogens is 3. The highest BCUT2D eigenvalue weighted by molar-refractivity contribution is 5.33. The van der Waals surface area contributed by atoms with Gasteiger partial charge in [-0.25, -0.2) is 0 Å². The van der Waals surface area contributed by atoms with E-state index >= 15 is 0 Å². The minimum atomic E-state index is 0.162. The zero-order valence-corrected chi connectivity index (χ0v) is 12.9. The molecule has 20 heavy (non-hydrogen) atoms. The molecule has 0 fully saturated rings. The van der Waals surface area contributed by atoms with Gasteiger partial charge in [0.25, 0.3) is 0 Å². The number of nitrogen functional groups attached to an aromatic ring is 1. The fourth-order valence-electron chi connectivity index (χ4n) is 1.98. The number of hydrogen-bond donors (Lipinski definition) is 2. The molecule has 7 heteroatoms. The summed E-state index contributed by atoms with van der Waals surface area (Å²) in [5, 5.41) is 3.23. The van der Waals surface area contributed by atoms with Gasteiger partial charge in [0.05, 0.1) is 7.11 Å². The molecule has 114 valence electrons. The third-order valence-corrected chi connectivity index (χ3v) is 3.20. The van der Waals surface area contributed by atoms with Crippen molar-refractivity contribution in [3.05, 3.63) is 0 Å². The number of ether oxygens (including phenoxy) is 1. The van der Waals surface area contributed by atoms with Crippen LogP contribution in [0.1, 0.15) is 33.6 Å². The van der Waals surface area contributed by atoms with E-state index in [-0.39, 0.29) is 18.0 Å². The van der Waals surface area contributed by atoms with E-state index in [9.17, 15) is 0 Å². The SMILES string of the molecule is CCN(CC)CCCC(C)Nc1nc(N)nc(OC)n1. The standard InChI is InChI=1S/C13H26N6O/c1-5-19(6-2)9-7-8-10(3)15-12-16-11(14)17-13(18-12)20-4/h10H,5-9H2,1-4H3,(H3,14,15,16,17,18). The molecule has 0 aromatic carbocycles. The number of nitrogens with two attached hydrogens (primary N) is 1. The molecular formula is C13H26N6O. The van der Waals surface area contributed by atoms with Crippen LogP contribution in [0.5, 0.6) is 6.01 Å². The largest absolute Gasteiger partial charge is 0.467 e. The Morgan fingerprint density at radius 3 is 2.55 bits per heavy atom. The van der Waals surface area contributed by atoms with E-state index in [1.807, 2.05) is 0 Å². The molecule has 1 unspecified atom stereocenters. The first-order valence-corrected chi connectivity index (χ1v) is 7.13. The smallest absolute Gasteiger partial charge is 0.322 e. The summed E-state index contributed by atoms with van der Waals surface area (Å²) < 4.78 is 4.97. The van der Waals surface area contributed by atoms with Gasteiger partial charge in [0.1, 0.15) is 0 Å². The van der Waals surface area contributed by atoms with Crippen molar-refractivity contribution >= 4 is 11.9 Å². The van der Waals surface area contributed by atoms with Gasteiger partial charge < -0.3 is 20.7 Å². The average Bonchev–Trinajstić information content (AvgIpc) is 2.42. The Balaban J connectivity index is 2.42. The van der Waals surface area contributed by atoms with Crippen LogP contribution in [-0.4, -0.2) is 52.6 Å². The molecule has 1 atom stereocenters. The lowest BCUT2D eigenvalue weighted by atomic mass is 10.2. The first-order chi connectivity index (χ1) is 9.58. The van der Waals surface area contributed by atoms with Crippen molar-refractivity contribution < 1.29 is 4.74 Å². The van der Waals surface area contributed by atoms with E-state index in [2.05, 4.69) is 45.9 Å². The molecule has 0 aliphatic carbocycles. The second kappa shape index (κ2) is 8.52. The number of anilines is 2. The Kier molecular flexibility index (Phi) is 7.00. The molecule has 0 saturated carbocycles. The lowest BCUT2D eigenvalue weighted by Gasteiger charge is -2.19. The molecule has 0 bridgehead atoms. The van der Waals surface area contributed by atoms with Gasteiger partial charge in [-0.05, 0) is 39.4 Å². The highest BCUT2D eigenvalue weighted by Crippen LogP contribution is 2.11. The molecular weight excluding hydrogens is 256 g/mol. The van der Waals surface area contributed by atoms with E-state index < -0.39 is 0 Å². The van der Waals surface area contributed by atoms with Gasteiger partial charge in [-0.3, -0.25) is 0 Å². The maximum atomic E-state index is 5.60. The van der Waals surface area contributed by atoms with Crippen LogP contribution < -0.4 is 15.8 Å². The normalized spacial score (nSPS) is 12.4. The van der Waals surface area contributed by atoms with Crippen molar-refractivity contribution in [2.45, 2.75) is 39.7 Å². The summed E-state index contributed by atoms with van der Waals surface area (Å²) in [5.74, 6) is 0.624. The number of hydrogen-bond acceptors (Lipinski definition) is 7. The van der Waals surface area contributed by atoms with E-state index in [4.69, 9.17) is 10.5 Å². The quantitative estimate of drug-likeness (QED) is 0.707. The van der Waals surface area contributed by atoms with Crippen LogP contribution in [0.25, 0.3) is 0 Å². The summed E-state index contributed by atoms with van der Waals surface area (Å²) in [4.78, 5) is 14.4. The Hall–Kier alpha value is -1.63. The van der Waals surface area contributed by atoms with Crippen LogP contribution in [-0.2, 0) is 0 Å². The van der Waals surface area contributed by atoms with Crippen molar-refractivity contribution in [3.8, 4) is 6.01 Å². The van der Waals surface area contributed by atoms with Crippen LogP contribution in [0, 0.1) is 0 Å². The third kappa shape index (κ3) is 5.56. The van der Waals surface area contributed by atoms with Gasteiger partial charge >= 0.3 is 6.01 Å². The Morgan fingerprint density at radius 1 is 1.25 bits per heavy atom. The Morgan fingerprint density at radius 2 is 1.95 bits per heavy atom. The molecule has 0 radical (unpaired) electrons. The van der Waals surface area contributed by atoms with Crippen molar-refractivity contribution in [2.75, 3.05) is 37.8 Å². The van der Waals surface area contributed by atoms with Gasteiger partial charge in [0, 0.05) is 6.04 Å². The maximum absolute atomic E-state index is 5.60. The minimum Gasteiger partial charge on any atom is -0.467 e. The highest BCUT2D eigenvalue weighted by Gasteiger charge is 2.08. The first-order valence-electron chi connectivity index (χ1n) is 7.13. The molecule has 1 aromatic heterocycles. The van der Waals surface area contributed by atoms with Gasteiger partial charge in [-0.2, -0.15) is 15.0 Å². The van der Waals surface area contributed by atoms with Gasteiger partial charge in [-0.1, -0.05) is 13.8 Å². The maximum Gasteiger partial charge on any atom is 0.322 e. The summed E-state index contributed by atoms with van der Waals surface area (Å²) in [7, 11) is 1.51. The summed E-state index contributed by atoms with van der Waals surface area (Å²) in [6, 6.07) is 0.507. The van der Waals surface area contributed by atoms with E-state index in [0.717, 1.165) is 32.5 Å². The molecule has 1 rings (SSSR count). The number of rotatable bonds is 9. The zero-order valence-electron chi connectivity index (χ0n) is 12.9. The molecule has 1 heterocycles. The molecule has 7 nitrogen and oxygen atoms in total. The summed E-state index contributed by atoms with van der Waals surface area (Å²) in [5.41, 5.74) is 5.60. The lowest BCUT2D eigenvalue weighted by Crippen LogP contribution is -2.26. The van der Waals surface area contributed by atoms with E-state index in [1.54, 1.807) is 0 Å². The molecule has 0 saturated heterocycles. The van der Waals surface area contributed by atoms with E-state index in [0.29, 0.717) is 5.95 Å². The first kappa shape index (κ1) is 16.4. The second-order valence-corrected chi connectivity index (χ2v) is 4.72. The molecule has 0 amide bonds. The van der Waals surface area contributed by atoms with Crippen LogP contribution in [0.4, 0.5) is 11.9 Å². The predicted octanol–water partition coefficient (Wildman–Crippen LogP) is 1.38. The van der Waals surface area contributed by atoms with Crippen molar-refractivity contribution in [1.82, 2.24) is 19.9 Å². The van der Waals surface area contributed by atoms with Crippen LogP contribution in [0.15, 0.2) is 0 Å². The van der Waals surface area contributed by atoms with Crippen molar-refractivity contribution in [1.29, 1.82) is 0 Å². The van der Waals surface area contributed by atoms with Crippen molar-refractivity contribution in [2.24, 2.45) is 0 Å². The lowest BCUT2D eigenvalue weighted by molar-refractivity contribution is 0.295.